The number of hydrogen-bond donors (Lipinski definition) is 1. The molecular weight excluding hydrogens is 240 g/mol. The molecule has 1 aliphatic heterocycles. The minimum absolute atomic E-state index is 0.0766. The van der Waals surface area contributed by atoms with E-state index in [0.717, 1.165) is 33.8 Å². The van der Waals surface area contributed by atoms with E-state index in [2.05, 4.69) is 6.07 Å². The van der Waals surface area contributed by atoms with Crippen LogP contribution in [0.2, 0.25) is 0 Å². The van der Waals surface area contributed by atoms with Crippen molar-refractivity contribution in [3.8, 4) is 22.6 Å². The highest BCUT2D eigenvalue weighted by molar-refractivity contribution is 5.68. The predicted molar refractivity (Wildman–Crippen MR) is 73.5 cm³/mol. The van der Waals surface area contributed by atoms with Crippen molar-refractivity contribution < 1.29 is 14.6 Å². The van der Waals surface area contributed by atoms with Gasteiger partial charge in [-0.05, 0) is 41.3 Å². The molecule has 3 rings (SSSR count). The lowest BCUT2D eigenvalue weighted by Crippen LogP contribution is -2.15. The second kappa shape index (κ2) is 4.94. The van der Waals surface area contributed by atoms with Gasteiger partial charge >= 0.3 is 0 Å². The Bertz CT molecular complexity index is 605. The first-order valence-electron chi connectivity index (χ1n) is 6.38. The largest absolute Gasteiger partial charge is 0.486 e. The first kappa shape index (κ1) is 12.1. The third kappa shape index (κ3) is 2.29. The Kier molecular flexibility index (Phi) is 3.13. The molecule has 0 amide bonds. The Balaban J connectivity index is 2.00. The van der Waals surface area contributed by atoms with E-state index in [-0.39, 0.29) is 6.61 Å². The predicted octanol–water partition coefficient (Wildman–Crippen LogP) is 2.93. The van der Waals surface area contributed by atoms with Gasteiger partial charge in [0.05, 0.1) is 6.61 Å². The van der Waals surface area contributed by atoms with Gasteiger partial charge in [-0.15, -0.1) is 0 Å². The summed E-state index contributed by atoms with van der Waals surface area (Å²) in [5.41, 5.74) is 4.26. The SMILES string of the molecule is Cc1cc(-c2ccc3c(c2)OCCO3)ccc1CO. The van der Waals surface area contributed by atoms with E-state index in [1.807, 2.05) is 37.3 Å². The highest BCUT2D eigenvalue weighted by atomic mass is 16.6. The average Bonchev–Trinajstić information content (AvgIpc) is 2.46. The number of hydrogen-bond acceptors (Lipinski definition) is 3. The number of fused-ring (bicyclic) bond motifs is 1. The molecular formula is C16H16O3. The summed E-state index contributed by atoms with van der Waals surface area (Å²) in [5, 5.41) is 9.20. The lowest BCUT2D eigenvalue weighted by molar-refractivity contribution is 0.171. The lowest BCUT2D eigenvalue weighted by Gasteiger charge is -2.19. The number of aliphatic hydroxyl groups excluding tert-OH is 1. The van der Waals surface area contributed by atoms with E-state index < -0.39 is 0 Å². The Morgan fingerprint density at radius 2 is 1.63 bits per heavy atom. The molecule has 0 saturated carbocycles. The van der Waals surface area contributed by atoms with Gasteiger partial charge in [0.1, 0.15) is 13.2 Å². The zero-order valence-corrected chi connectivity index (χ0v) is 10.8. The molecule has 0 fully saturated rings. The van der Waals surface area contributed by atoms with Gasteiger partial charge in [0.2, 0.25) is 0 Å². The van der Waals surface area contributed by atoms with Crippen LogP contribution in [-0.2, 0) is 6.61 Å². The Labute approximate surface area is 112 Å². The molecule has 98 valence electrons. The molecule has 2 aromatic rings. The highest BCUT2D eigenvalue weighted by Gasteiger charge is 2.12. The Morgan fingerprint density at radius 3 is 2.37 bits per heavy atom. The second-order valence-electron chi connectivity index (χ2n) is 4.66. The van der Waals surface area contributed by atoms with Crippen LogP contribution in [0.4, 0.5) is 0 Å². The van der Waals surface area contributed by atoms with Crippen molar-refractivity contribution in [1.82, 2.24) is 0 Å². The van der Waals surface area contributed by atoms with E-state index in [4.69, 9.17) is 9.47 Å². The Morgan fingerprint density at radius 1 is 0.947 bits per heavy atom. The third-order valence-corrected chi connectivity index (χ3v) is 3.39. The van der Waals surface area contributed by atoms with Crippen molar-refractivity contribution in [3.05, 3.63) is 47.5 Å². The van der Waals surface area contributed by atoms with Crippen molar-refractivity contribution in [3.63, 3.8) is 0 Å². The summed E-state index contributed by atoms with van der Waals surface area (Å²) < 4.78 is 11.1. The molecule has 2 aromatic carbocycles. The summed E-state index contributed by atoms with van der Waals surface area (Å²) in [7, 11) is 0. The van der Waals surface area contributed by atoms with Gasteiger partial charge in [-0.3, -0.25) is 0 Å². The molecule has 1 aliphatic rings. The molecule has 0 aliphatic carbocycles. The summed E-state index contributed by atoms with van der Waals surface area (Å²) in [6.07, 6.45) is 0. The van der Waals surface area contributed by atoms with Crippen LogP contribution in [0.15, 0.2) is 36.4 Å². The quantitative estimate of drug-likeness (QED) is 0.897. The zero-order chi connectivity index (χ0) is 13.2. The van der Waals surface area contributed by atoms with Gasteiger partial charge in [0, 0.05) is 0 Å². The van der Waals surface area contributed by atoms with Crippen LogP contribution < -0.4 is 9.47 Å². The van der Waals surface area contributed by atoms with Crippen LogP contribution in [0.3, 0.4) is 0 Å². The minimum Gasteiger partial charge on any atom is -0.486 e. The van der Waals surface area contributed by atoms with Gasteiger partial charge in [-0.25, -0.2) is 0 Å². The number of aryl methyl sites for hydroxylation is 1. The van der Waals surface area contributed by atoms with Crippen molar-refractivity contribution in [2.24, 2.45) is 0 Å². The molecule has 1 N–H and O–H groups in total. The standard InChI is InChI=1S/C16H16O3/c1-11-8-12(2-3-14(11)10-17)13-4-5-15-16(9-13)19-7-6-18-15/h2-5,8-9,17H,6-7,10H2,1H3. The van der Waals surface area contributed by atoms with E-state index in [9.17, 15) is 5.11 Å². The normalized spacial score (nSPS) is 13.4. The second-order valence-corrected chi connectivity index (χ2v) is 4.66. The fourth-order valence-electron chi connectivity index (χ4n) is 2.28. The molecule has 19 heavy (non-hydrogen) atoms. The van der Waals surface area contributed by atoms with E-state index in [1.54, 1.807) is 0 Å². The maximum absolute atomic E-state index is 9.20. The van der Waals surface area contributed by atoms with Crippen LogP contribution in [0.1, 0.15) is 11.1 Å². The lowest BCUT2D eigenvalue weighted by atomic mass is 10.00. The Hall–Kier alpha value is -2.00. The fraction of sp³-hybridized carbons (Fsp3) is 0.250. The van der Waals surface area contributed by atoms with Gasteiger partial charge in [0.15, 0.2) is 11.5 Å². The van der Waals surface area contributed by atoms with Crippen LogP contribution in [0.25, 0.3) is 11.1 Å². The van der Waals surface area contributed by atoms with Gasteiger partial charge < -0.3 is 14.6 Å². The zero-order valence-electron chi connectivity index (χ0n) is 10.8. The first-order chi connectivity index (χ1) is 9.28. The fourth-order valence-corrected chi connectivity index (χ4v) is 2.28. The summed E-state index contributed by atoms with van der Waals surface area (Å²) in [4.78, 5) is 0. The summed E-state index contributed by atoms with van der Waals surface area (Å²) in [6.45, 7) is 3.29. The van der Waals surface area contributed by atoms with Crippen LogP contribution in [-0.4, -0.2) is 18.3 Å². The molecule has 0 radical (unpaired) electrons. The summed E-state index contributed by atoms with van der Waals surface area (Å²) in [5.74, 6) is 1.60. The van der Waals surface area contributed by atoms with Gasteiger partial charge in [-0.2, -0.15) is 0 Å². The smallest absolute Gasteiger partial charge is 0.161 e. The molecule has 1 heterocycles. The van der Waals surface area contributed by atoms with Crippen molar-refractivity contribution in [1.29, 1.82) is 0 Å². The maximum Gasteiger partial charge on any atom is 0.161 e. The topological polar surface area (TPSA) is 38.7 Å². The molecule has 0 atom stereocenters. The van der Waals surface area contributed by atoms with Gasteiger partial charge in [-0.1, -0.05) is 24.3 Å². The van der Waals surface area contributed by atoms with Crippen LogP contribution in [0.5, 0.6) is 11.5 Å². The monoisotopic (exact) mass is 256 g/mol. The molecule has 3 heteroatoms. The first-order valence-corrected chi connectivity index (χ1v) is 6.38. The summed E-state index contributed by atoms with van der Waals surface area (Å²) in [6, 6.07) is 12.0. The van der Waals surface area contributed by atoms with Gasteiger partial charge in [0.25, 0.3) is 0 Å². The molecule has 0 bridgehead atoms. The number of ether oxygens (including phenoxy) is 2. The molecule has 0 spiro atoms. The average molecular weight is 256 g/mol. The van der Waals surface area contributed by atoms with Crippen LogP contribution >= 0.6 is 0 Å². The third-order valence-electron chi connectivity index (χ3n) is 3.39. The number of benzene rings is 2. The minimum atomic E-state index is 0.0766. The van der Waals surface area contributed by atoms with Crippen LogP contribution in [0, 0.1) is 6.92 Å². The highest BCUT2D eigenvalue weighted by Crippen LogP contribution is 2.34. The van der Waals surface area contributed by atoms with Crippen molar-refractivity contribution in [2.75, 3.05) is 13.2 Å². The molecule has 0 saturated heterocycles. The molecule has 0 aromatic heterocycles. The number of aliphatic hydroxyl groups is 1. The van der Waals surface area contributed by atoms with Crippen molar-refractivity contribution >= 4 is 0 Å². The van der Waals surface area contributed by atoms with E-state index >= 15 is 0 Å². The molecule has 0 unspecified atom stereocenters. The van der Waals surface area contributed by atoms with Crippen molar-refractivity contribution in [2.45, 2.75) is 13.5 Å². The summed E-state index contributed by atoms with van der Waals surface area (Å²) >= 11 is 0. The maximum atomic E-state index is 9.20. The van der Waals surface area contributed by atoms with E-state index in [0.29, 0.717) is 13.2 Å². The molecule has 3 nitrogen and oxygen atoms in total. The van der Waals surface area contributed by atoms with E-state index in [1.165, 1.54) is 0 Å². The number of rotatable bonds is 2.